The first kappa shape index (κ1) is 25.2. The van der Waals surface area contributed by atoms with Gasteiger partial charge in [0, 0.05) is 11.1 Å². The third-order valence-corrected chi connectivity index (χ3v) is 7.73. The minimum Gasteiger partial charge on any atom is -0.478 e. The van der Waals surface area contributed by atoms with Crippen LogP contribution in [0.25, 0.3) is 27.4 Å². The molecule has 0 spiro atoms. The van der Waals surface area contributed by atoms with Crippen molar-refractivity contribution < 1.29 is 23.1 Å². The summed E-state index contributed by atoms with van der Waals surface area (Å²) in [6, 6.07) is 17.0. The minimum atomic E-state index is -4.49. The van der Waals surface area contributed by atoms with E-state index in [1.54, 1.807) is 5.51 Å². The van der Waals surface area contributed by atoms with E-state index in [1.165, 1.54) is 23.5 Å². The maximum absolute atomic E-state index is 13.4. The van der Waals surface area contributed by atoms with Crippen molar-refractivity contribution in [2.75, 3.05) is 0 Å². The number of allylic oxidation sites excluding steroid dienone is 1. The standard InChI is InChI=1S/C29H21ClF3NO2S/c30-23-15-21(29(31,32)33)10-11-22(23)28(18-2-1-3-18)27(20-9-12-25-24(14-20)34-16-37-25)19-7-4-17(5-8-19)6-13-26(35)36/h4-16,18H,1-3H2,(H,35,36). The number of alkyl halides is 3. The summed E-state index contributed by atoms with van der Waals surface area (Å²) < 4.78 is 41.2. The van der Waals surface area contributed by atoms with E-state index < -0.39 is 17.7 Å². The van der Waals surface area contributed by atoms with Gasteiger partial charge in [-0.15, -0.1) is 11.3 Å². The van der Waals surface area contributed by atoms with Crippen molar-refractivity contribution in [3.8, 4) is 0 Å². The van der Waals surface area contributed by atoms with Crippen LogP contribution in [-0.4, -0.2) is 16.1 Å². The highest BCUT2D eigenvalue weighted by molar-refractivity contribution is 7.16. The molecule has 0 unspecified atom stereocenters. The average Bonchev–Trinajstić information content (AvgIpc) is 3.29. The summed E-state index contributed by atoms with van der Waals surface area (Å²) in [6.07, 6.45) is 0.952. The van der Waals surface area contributed by atoms with Crippen molar-refractivity contribution >= 4 is 56.3 Å². The van der Waals surface area contributed by atoms with Crippen molar-refractivity contribution in [1.82, 2.24) is 4.98 Å². The molecule has 1 saturated carbocycles. The lowest BCUT2D eigenvalue weighted by molar-refractivity contribution is -0.137. The predicted octanol–water partition coefficient (Wildman–Crippen LogP) is 8.83. The molecule has 1 fully saturated rings. The summed E-state index contributed by atoms with van der Waals surface area (Å²) in [7, 11) is 0. The maximum atomic E-state index is 13.4. The summed E-state index contributed by atoms with van der Waals surface area (Å²) >= 11 is 8.07. The van der Waals surface area contributed by atoms with Gasteiger partial charge in [0.05, 0.1) is 21.3 Å². The molecule has 37 heavy (non-hydrogen) atoms. The third-order valence-electron chi connectivity index (χ3n) is 6.61. The second-order valence-corrected chi connectivity index (χ2v) is 10.2. The first-order valence-electron chi connectivity index (χ1n) is 11.7. The number of aliphatic carboxylic acids is 1. The van der Waals surface area contributed by atoms with Gasteiger partial charge < -0.3 is 5.11 Å². The minimum absolute atomic E-state index is 0.0602. The van der Waals surface area contributed by atoms with Crippen LogP contribution in [0.4, 0.5) is 13.2 Å². The van der Waals surface area contributed by atoms with E-state index in [0.717, 1.165) is 75.5 Å². The number of hydrogen-bond donors (Lipinski definition) is 1. The van der Waals surface area contributed by atoms with Gasteiger partial charge in [-0.2, -0.15) is 13.2 Å². The van der Waals surface area contributed by atoms with Crippen LogP contribution in [0.5, 0.6) is 0 Å². The third kappa shape index (κ3) is 5.33. The number of fused-ring (bicyclic) bond motifs is 1. The van der Waals surface area contributed by atoms with Gasteiger partial charge in [-0.3, -0.25) is 0 Å². The van der Waals surface area contributed by atoms with E-state index in [9.17, 15) is 18.0 Å². The molecular weight excluding hydrogens is 519 g/mol. The van der Waals surface area contributed by atoms with Crippen LogP contribution < -0.4 is 0 Å². The van der Waals surface area contributed by atoms with Crippen molar-refractivity contribution in [1.29, 1.82) is 0 Å². The second-order valence-electron chi connectivity index (χ2n) is 8.94. The molecule has 0 amide bonds. The number of carbonyl (C=O) groups is 1. The van der Waals surface area contributed by atoms with Gasteiger partial charge in [-0.05, 0) is 82.5 Å². The monoisotopic (exact) mass is 539 g/mol. The van der Waals surface area contributed by atoms with E-state index in [-0.39, 0.29) is 10.9 Å². The van der Waals surface area contributed by atoms with E-state index in [2.05, 4.69) is 4.98 Å². The number of carboxylic acid groups (broad SMARTS) is 1. The summed E-state index contributed by atoms with van der Waals surface area (Å²) in [5.41, 5.74) is 6.69. The van der Waals surface area contributed by atoms with Gasteiger partial charge in [0.1, 0.15) is 0 Å². The molecule has 8 heteroatoms. The number of hydrogen-bond acceptors (Lipinski definition) is 3. The van der Waals surface area contributed by atoms with Crippen LogP contribution in [0.1, 0.15) is 47.1 Å². The Morgan fingerprint density at radius 1 is 1.03 bits per heavy atom. The van der Waals surface area contributed by atoms with Gasteiger partial charge in [0.2, 0.25) is 0 Å². The number of thiazole rings is 1. The Morgan fingerprint density at radius 2 is 1.76 bits per heavy atom. The molecule has 0 saturated heterocycles. The summed E-state index contributed by atoms with van der Waals surface area (Å²) in [6.45, 7) is 0. The number of nitrogens with zero attached hydrogens (tertiary/aromatic N) is 1. The van der Waals surface area contributed by atoms with E-state index in [4.69, 9.17) is 16.7 Å². The molecule has 5 rings (SSSR count). The highest BCUT2D eigenvalue weighted by Gasteiger charge is 2.33. The lowest BCUT2D eigenvalue weighted by atomic mass is 9.73. The normalized spacial score (nSPS) is 15.1. The summed E-state index contributed by atoms with van der Waals surface area (Å²) in [4.78, 5) is 15.4. The van der Waals surface area contributed by atoms with Crippen molar-refractivity contribution in [2.45, 2.75) is 25.4 Å². The number of benzene rings is 3. The first-order valence-corrected chi connectivity index (χ1v) is 12.9. The summed E-state index contributed by atoms with van der Waals surface area (Å²) in [5, 5.41) is 9.00. The van der Waals surface area contributed by atoms with Gasteiger partial charge in [-0.1, -0.05) is 54.4 Å². The topological polar surface area (TPSA) is 50.2 Å². The first-order chi connectivity index (χ1) is 17.7. The highest BCUT2D eigenvalue weighted by atomic mass is 35.5. The lowest BCUT2D eigenvalue weighted by Gasteiger charge is -2.32. The average molecular weight is 540 g/mol. The second kappa shape index (κ2) is 10.1. The Hall–Kier alpha value is -3.42. The Morgan fingerprint density at radius 3 is 2.38 bits per heavy atom. The number of rotatable bonds is 6. The summed E-state index contributed by atoms with van der Waals surface area (Å²) in [5.74, 6) is -0.896. The SMILES string of the molecule is O=C(O)C=Cc1ccc(C(=C(c2ccc(C(F)(F)F)cc2Cl)C2CCC2)c2ccc3scnc3c2)cc1. The number of aromatic nitrogens is 1. The van der Waals surface area contributed by atoms with Crippen molar-refractivity contribution in [3.63, 3.8) is 0 Å². The van der Waals surface area contributed by atoms with Gasteiger partial charge >= 0.3 is 12.1 Å². The smallest absolute Gasteiger partial charge is 0.416 e. The Balaban J connectivity index is 1.74. The van der Waals surface area contributed by atoms with E-state index in [1.807, 2.05) is 42.5 Å². The molecule has 1 aliphatic rings. The van der Waals surface area contributed by atoms with Crippen LogP contribution in [-0.2, 0) is 11.0 Å². The highest BCUT2D eigenvalue weighted by Crippen LogP contribution is 2.47. The molecule has 3 aromatic carbocycles. The molecule has 0 bridgehead atoms. The van der Waals surface area contributed by atoms with Crippen LogP contribution in [0.3, 0.4) is 0 Å². The van der Waals surface area contributed by atoms with Gasteiger partial charge in [0.25, 0.3) is 0 Å². The van der Waals surface area contributed by atoms with Crippen LogP contribution in [0.2, 0.25) is 5.02 Å². The Bertz CT molecular complexity index is 1530. The van der Waals surface area contributed by atoms with Crippen LogP contribution in [0, 0.1) is 5.92 Å². The molecule has 1 aromatic heterocycles. The lowest BCUT2D eigenvalue weighted by Crippen LogP contribution is -2.16. The molecule has 1 heterocycles. The molecular formula is C29H21ClF3NO2S. The Kier molecular flexibility index (Phi) is 6.92. The Labute approximate surface area is 220 Å². The zero-order valence-electron chi connectivity index (χ0n) is 19.4. The molecule has 0 atom stereocenters. The van der Waals surface area contributed by atoms with E-state index in [0.29, 0.717) is 5.56 Å². The molecule has 0 aliphatic heterocycles. The molecule has 1 aliphatic carbocycles. The fourth-order valence-corrected chi connectivity index (χ4v) is 5.53. The fourth-order valence-electron chi connectivity index (χ4n) is 4.58. The quantitative estimate of drug-likeness (QED) is 0.197. The largest absolute Gasteiger partial charge is 0.478 e. The van der Waals surface area contributed by atoms with Gasteiger partial charge in [0.15, 0.2) is 0 Å². The van der Waals surface area contributed by atoms with Crippen LogP contribution in [0.15, 0.2) is 72.3 Å². The predicted molar refractivity (Wildman–Crippen MR) is 142 cm³/mol. The zero-order chi connectivity index (χ0) is 26.2. The van der Waals surface area contributed by atoms with Crippen molar-refractivity contribution in [2.24, 2.45) is 5.92 Å². The molecule has 3 nitrogen and oxygen atoms in total. The zero-order valence-corrected chi connectivity index (χ0v) is 21.0. The molecule has 188 valence electrons. The van der Waals surface area contributed by atoms with Crippen LogP contribution >= 0.6 is 22.9 Å². The maximum Gasteiger partial charge on any atom is 0.416 e. The molecule has 1 N–H and O–H groups in total. The molecule has 0 radical (unpaired) electrons. The number of halogens is 4. The van der Waals surface area contributed by atoms with Gasteiger partial charge in [-0.25, -0.2) is 9.78 Å². The molecule has 4 aromatic rings. The van der Waals surface area contributed by atoms with Crippen molar-refractivity contribution in [3.05, 3.63) is 105 Å². The number of carboxylic acids is 1. The fraction of sp³-hybridized carbons (Fsp3) is 0.172. The van der Waals surface area contributed by atoms with E-state index >= 15 is 0 Å².